The number of esters is 3. The van der Waals surface area contributed by atoms with Gasteiger partial charge in [0, 0.05) is 24.8 Å². The maximum atomic E-state index is 13.9. The summed E-state index contributed by atoms with van der Waals surface area (Å²) in [5, 5.41) is 13.9. The fourth-order valence-corrected chi connectivity index (χ4v) is 4.40. The molecular weight excluding hydrogens is 378 g/mol. The molecule has 5 atom stereocenters. The van der Waals surface area contributed by atoms with E-state index < -0.39 is 41.3 Å². The van der Waals surface area contributed by atoms with Gasteiger partial charge >= 0.3 is 17.9 Å². The van der Waals surface area contributed by atoms with Gasteiger partial charge in [0.25, 0.3) is 0 Å². The lowest BCUT2D eigenvalue weighted by molar-refractivity contribution is -1.01. The van der Waals surface area contributed by atoms with Crippen LogP contribution in [-0.4, -0.2) is 66.6 Å². The van der Waals surface area contributed by atoms with Crippen molar-refractivity contribution in [2.24, 2.45) is 5.92 Å². The normalized spacial score (nSPS) is 41.6. The van der Waals surface area contributed by atoms with Crippen LogP contribution in [0, 0.1) is 5.92 Å². The molecule has 0 N–H and O–H groups in total. The Hall–Kier alpha value is -2.45. The van der Waals surface area contributed by atoms with Gasteiger partial charge in [0.1, 0.15) is 6.61 Å². The number of ether oxygens (including phenoxy) is 3. The average molecular weight is 405 g/mol. The van der Waals surface area contributed by atoms with Crippen molar-refractivity contribution in [3.63, 3.8) is 0 Å². The zero-order valence-electron chi connectivity index (χ0n) is 17.2. The van der Waals surface area contributed by atoms with Crippen LogP contribution in [0.2, 0.25) is 0 Å². The van der Waals surface area contributed by atoms with Crippen molar-refractivity contribution in [1.29, 1.82) is 0 Å². The van der Waals surface area contributed by atoms with Crippen molar-refractivity contribution < 1.29 is 38.2 Å². The Kier molecular flexibility index (Phi) is 5.21. The second-order valence-electron chi connectivity index (χ2n) is 8.30. The molecule has 3 aliphatic heterocycles. The summed E-state index contributed by atoms with van der Waals surface area (Å²) in [6.45, 7) is 8.64. The Labute approximate surface area is 170 Å². The Morgan fingerprint density at radius 1 is 1.45 bits per heavy atom. The molecule has 158 valence electrons. The van der Waals surface area contributed by atoms with Crippen molar-refractivity contribution in [3.05, 3.63) is 36.0 Å². The zero-order valence-corrected chi connectivity index (χ0v) is 17.2. The summed E-state index contributed by atoms with van der Waals surface area (Å²) < 4.78 is 16.5. The highest BCUT2D eigenvalue weighted by Crippen LogP contribution is 2.43. The van der Waals surface area contributed by atoms with Gasteiger partial charge in [-0.2, -0.15) is 0 Å². The van der Waals surface area contributed by atoms with Crippen LogP contribution in [0.5, 0.6) is 0 Å². The fourth-order valence-electron chi connectivity index (χ4n) is 4.40. The first-order chi connectivity index (χ1) is 13.5. The van der Waals surface area contributed by atoms with Crippen LogP contribution in [0.1, 0.15) is 27.2 Å². The van der Waals surface area contributed by atoms with E-state index in [2.05, 4.69) is 6.58 Å². The molecular formula is C21H27NO7. The van der Waals surface area contributed by atoms with Gasteiger partial charge in [-0.3, -0.25) is 4.79 Å². The quantitative estimate of drug-likeness (QED) is 0.283. The molecule has 3 rings (SSSR count). The Morgan fingerprint density at radius 3 is 2.76 bits per heavy atom. The van der Waals surface area contributed by atoms with Gasteiger partial charge in [0.15, 0.2) is 6.10 Å². The molecule has 0 bridgehead atoms. The van der Waals surface area contributed by atoms with E-state index in [0.29, 0.717) is 25.1 Å². The van der Waals surface area contributed by atoms with E-state index in [1.54, 1.807) is 13.0 Å². The topological polar surface area (TPSA) is 102 Å². The van der Waals surface area contributed by atoms with Crippen LogP contribution < -0.4 is 5.11 Å². The molecule has 0 aromatic rings. The first kappa shape index (κ1) is 21.3. The Balaban J connectivity index is 2.08. The van der Waals surface area contributed by atoms with Gasteiger partial charge < -0.3 is 23.8 Å². The van der Waals surface area contributed by atoms with Crippen LogP contribution in [-0.2, 0) is 28.6 Å². The molecule has 1 fully saturated rings. The number of rotatable bonds is 2. The molecule has 0 spiro atoms. The SMILES string of the molecule is C=C/C1=C/[C@H](C)[C@](C)(OC(C)=O)C(=O)OCC2=CC[N+]3(C)CC[C@@H](OC1=O)[C@@]23[O-]. The molecule has 8 heteroatoms. The summed E-state index contributed by atoms with van der Waals surface area (Å²) in [4.78, 5) is 37.4. The minimum atomic E-state index is -1.73. The third-order valence-electron chi connectivity index (χ3n) is 6.45. The van der Waals surface area contributed by atoms with Crippen LogP contribution >= 0.6 is 0 Å². The van der Waals surface area contributed by atoms with E-state index in [-0.39, 0.29) is 16.7 Å². The minimum absolute atomic E-state index is 0.0949. The third-order valence-corrected chi connectivity index (χ3v) is 6.45. The number of nitrogens with zero attached hydrogens (tertiary/aromatic N) is 1. The highest BCUT2D eigenvalue weighted by Gasteiger charge is 2.58. The summed E-state index contributed by atoms with van der Waals surface area (Å²) in [6.07, 6.45) is 4.04. The first-order valence-electron chi connectivity index (χ1n) is 9.64. The van der Waals surface area contributed by atoms with Crippen molar-refractivity contribution in [3.8, 4) is 0 Å². The van der Waals surface area contributed by atoms with E-state index in [4.69, 9.17) is 14.2 Å². The highest BCUT2D eigenvalue weighted by molar-refractivity contribution is 5.92. The van der Waals surface area contributed by atoms with Crippen LogP contribution in [0.25, 0.3) is 0 Å². The second kappa shape index (κ2) is 7.11. The lowest BCUT2D eigenvalue weighted by atomic mass is 9.88. The Morgan fingerprint density at radius 2 is 2.14 bits per heavy atom. The van der Waals surface area contributed by atoms with Gasteiger partial charge in [-0.1, -0.05) is 25.7 Å². The summed E-state index contributed by atoms with van der Waals surface area (Å²) >= 11 is 0. The van der Waals surface area contributed by atoms with Crippen molar-refractivity contribution in [2.45, 2.75) is 44.6 Å². The van der Waals surface area contributed by atoms with Crippen molar-refractivity contribution in [1.82, 2.24) is 0 Å². The average Bonchev–Trinajstić information content (AvgIpc) is 3.04. The van der Waals surface area contributed by atoms with E-state index in [1.807, 2.05) is 7.05 Å². The summed E-state index contributed by atoms with van der Waals surface area (Å²) in [5.74, 6) is -2.85. The molecule has 0 amide bonds. The standard InChI is InChI=1S/C21H27NO7/c1-6-15-11-13(2)20(4,29-14(3)23)19(25)27-12-16-7-9-22(5)10-8-17(21(16,22)26)28-18(15)24/h6-7,11,13,17H,1,8-10,12H2,2-5H3/b15-11-/t13-,17+,20-,21-,22?/m0/s1. The molecule has 0 saturated carbocycles. The van der Waals surface area contributed by atoms with E-state index >= 15 is 0 Å². The maximum Gasteiger partial charge on any atom is 0.351 e. The molecule has 0 aromatic carbocycles. The molecule has 8 nitrogen and oxygen atoms in total. The van der Waals surface area contributed by atoms with Gasteiger partial charge in [-0.05, 0) is 13.0 Å². The van der Waals surface area contributed by atoms with Crippen LogP contribution in [0.15, 0.2) is 36.0 Å². The second-order valence-corrected chi connectivity index (χ2v) is 8.30. The Bertz CT molecular complexity index is 831. The summed E-state index contributed by atoms with van der Waals surface area (Å²) in [5.41, 5.74) is -2.95. The monoisotopic (exact) mass is 405 g/mol. The number of quaternary nitrogens is 1. The number of cyclic esters (lactones) is 1. The zero-order chi connectivity index (χ0) is 21.6. The molecule has 0 radical (unpaired) electrons. The van der Waals surface area contributed by atoms with Gasteiger partial charge in [-0.15, -0.1) is 0 Å². The smallest absolute Gasteiger partial charge is 0.351 e. The van der Waals surface area contributed by atoms with Gasteiger partial charge in [0.05, 0.1) is 31.4 Å². The predicted molar refractivity (Wildman–Crippen MR) is 99.8 cm³/mol. The lowest BCUT2D eigenvalue weighted by Gasteiger charge is -2.49. The van der Waals surface area contributed by atoms with E-state index in [1.165, 1.54) is 26.0 Å². The molecule has 3 aliphatic rings. The number of carbonyl (C=O) groups excluding carboxylic acids is 3. The van der Waals surface area contributed by atoms with Crippen LogP contribution in [0.4, 0.5) is 0 Å². The highest BCUT2D eigenvalue weighted by atomic mass is 16.6. The van der Waals surface area contributed by atoms with Crippen LogP contribution in [0.3, 0.4) is 0 Å². The molecule has 1 unspecified atom stereocenters. The molecule has 0 aliphatic carbocycles. The summed E-state index contributed by atoms with van der Waals surface area (Å²) in [6, 6.07) is 0. The lowest BCUT2D eigenvalue weighted by Crippen LogP contribution is -2.69. The third kappa shape index (κ3) is 3.20. The fraction of sp³-hybridized carbons (Fsp3) is 0.571. The molecule has 29 heavy (non-hydrogen) atoms. The van der Waals surface area contributed by atoms with Gasteiger partial charge in [0.2, 0.25) is 5.60 Å². The molecule has 1 saturated heterocycles. The van der Waals surface area contributed by atoms with Crippen molar-refractivity contribution in [2.75, 3.05) is 26.7 Å². The minimum Gasteiger partial charge on any atom is -0.797 e. The largest absolute Gasteiger partial charge is 0.797 e. The predicted octanol–water partition coefficient (Wildman–Crippen LogP) is 0.372. The maximum absolute atomic E-state index is 13.9. The molecule has 0 aromatic heterocycles. The van der Waals surface area contributed by atoms with E-state index in [9.17, 15) is 19.5 Å². The summed E-state index contributed by atoms with van der Waals surface area (Å²) in [7, 11) is 1.81. The van der Waals surface area contributed by atoms with Crippen molar-refractivity contribution >= 4 is 17.9 Å². The number of carbonyl (C=O) groups is 3. The number of hydrogen-bond donors (Lipinski definition) is 0. The van der Waals surface area contributed by atoms with Gasteiger partial charge in [-0.25, -0.2) is 9.59 Å². The first-order valence-corrected chi connectivity index (χ1v) is 9.64. The number of hydrogen-bond acceptors (Lipinski definition) is 7. The number of likely N-dealkylation sites (N-methyl/N-ethyl adjacent to an activating group) is 1. The molecule has 3 heterocycles. The van der Waals surface area contributed by atoms with E-state index in [0.717, 1.165) is 0 Å².